The number of hydrogen-bond acceptors (Lipinski definition) is 1. The first-order valence-corrected chi connectivity index (χ1v) is 6.73. The Labute approximate surface area is 108 Å². The van der Waals surface area contributed by atoms with Crippen molar-refractivity contribution in [2.24, 2.45) is 7.05 Å². The largest absolute Gasteiger partial charge is 0.350 e. The lowest BCUT2D eigenvalue weighted by Crippen LogP contribution is -2.26. The van der Waals surface area contributed by atoms with Gasteiger partial charge in [-0.2, -0.15) is 5.26 Å². The van der Waals surface area contributed by atoms with Crippen LogP contribution >= 0.6 is 0 Å². The Bertz CT molecular complexity index is 610. The van der Waals surface area contributed by atoms with E-state index in [0.29, 0.717) is 0 Å². The molecular weight excluding hydrogens is 220 g/mol. The third kappa shape index (κ3) is 1.54. The minimum atomic E-state index is -0.251. The maximum atomic E-state index is 9.70. The van der Waals surface area contributed by atoms with Crippen molar-refractivity contribution in [2.75, 3.05) is 0 Å². The fraction of sp³-hybridized carbons (Fsp3) is 0.438. The second kappa shape index (κ2) is 4.17. The van der Waals surface area contributed by atoms with Crippen LogP contribution in [0.3, 0.4) is 0 Å². The van der Waals surface area contributed by atoms with Gasteiger partial charge in [0.05, 0.1) is 11.5 Å². The molecule has 2 aromatic rings. The van der Waals surface area contributed by atoms with Crippen molar-refractivity contribution in [1.82, 2.24) is 4.57 Å². The van der Waals surface area contributed by atoms with Crippen molar-refractivity contribution >= 4 is 10.9 Å². The number of nitriles is 1. The van der Waals surface area contributed by atoms with Gasteiger partial charge in [0, 0.05) is 24.1 Å². The van der Waals surface area contributed by atoms with Crippen LogP contribution in [0.4, 0.5) is 0 Å². The normalized spacial score (nSPS) is 18.7. The molecule has 0 N–H and O–H groups in total. The Morgan fingerprint density at radius 3 is 2.61 bits per heavy atom. The van der Waals surface area contributed by atoms with Crippen molar-refractivity contribution in [2.45, 2.75) is 37.5 Å². The molecule has 3 rings (SSSR count). The Balaban J connectivity index is 2.22. The second-order valence-corrected chi connectivity index (χ2v) is 5.43. The molecule has 0 amide bonds. The van der Waals surface area contributed by atoms with Crippen molar-refractivity contribution in [3.8, 4) is 6.07 Å². The van der Waals surface area contributed by atoms with E-state index in [9.17, 15) is 5.26 Å². The number of aromatic nitrogens is 1. The number of para-hydroxylation sites is 1. The number of hydrogen-bond donors (Lipinski definition) is 0. The van der Waals surface area contributed by atoms with Gasteiger partial charge in [-0.05, 0) is 24.5 Å². The van der Waals surface area contributed by atoms with Crippen LogP contribution in [0.2, 0.25) is 0 Å². The molecule has 2 nitrogen and oxygen atoms in total. The van der Waals surface area contributed by atoms with Crippen LogP contribution in [0.15, 0.2) is 30.5 Å². The standard InChI is InChI=1S/C16H18N2/c1-18-11-14(13-7-3-4-8-15(13)18)16(12-17)9-5-2-6-10-16/h3-4,7-8,11H,2,5-6,9-10H2,1H3. The average Bonchev–Trinajstić information content (AvgIpc) is 2.78. The molecule has 0 unspecified atom stereocenters. The van der Waals surface area contributed by atoms with Crippen LogP contribution < -0.4 is 0 Å². The quantitative estimate of drug-likeness (QED) is 0.740. The second-order valence-electron chi connectivity index (χ2n) is 5.43. The summed E-state index contributed by atoms with van der Waals surface area (Å²) in [5.74, 6) is 0. The number of aryl methyl sites for hydroxylation is 1. The van der Waals surface area contributed by atoms with Crippen molar-refractivity contribution in [3.05, 3.63) is 36.0 Å². The Hall–Kier alpha value is -1.75. The van der Waals surface area contributed by atoms with Crippen LogP contribution in [0, 0.1) is 11.3 Å². The van der Waals surface area contributed by atoms with Crippen LogP contribution in [-0.4, -0.2) is 4.57 Å². The number of nitrogens with zero attached hydrogens (tertiary/aromatic N) is 2. The molecule has 1 aromatic heterocycles. The molecule has 1 aromatic carbocycles. The summed E-state index contributed by atoms with van der Waals surface area (Å²) < 4.78 is 2.15. The summed E-state index contributed by atoms with van der Waals surface area (Å²) in [4.78, 5) is 0. The monoisotopic (exact) mass is 238 g/mol. The third-order valence-electron chi connectivity index (χ3n) is 4.33. The summed E-state index contributed by atoms with van der Waals surface area (Å²) in [5.41, 5.74) is 2.22. The molecule has 1 heterocycles. The van der Waals surface area contributed by atoms with E-state index in [2.05, 4.69) is 48.1 Å². The Morgan fingerprint density at radius 2 is 1.89 bits per heavy atom. The van der Waals surface area contributed by atoms with E-state index in [1.54, 1.807) is 0 Å². The van der Waals surface area contributed by atoms with Gasteiger partial charge in [-0.3, -0.25) is 0 Å². The summed E-state index contributed by atoms with van der Waals surface area (Å²) in [6.07, 6.45) is 7.82. The lowest BCUT2D eigenvalue weighted by molar-refractivity contribution is 0.367. The molecule has 1 saturated carbocycles. The van der Waals surface area contributed by atoms with E-state index >= 15 is 0 Å². The van der Waals surface area contributed by atoms with Gasteiger partial charge in [-0.25, -0.2) is 0 Å². The van der Waals surface area contributed by atoms with E-state index in [0.717, 1.165) is 12.8 Å². The minimum absolute atomic E-state index is 0.251. The molecule has 2 heteroatoms. The topological polar surface area (TPSA) is 28.7 Å². The number of benzene rings is 1. The molecule has 0 saturated heterocycles. The van der Waals surface area contributed by atoms with Gasteiger partial charge in [-0.1, -0.05) is 37.5 Å². The summed E-state index contributed by atoms with van der Waals surface area (Å²) in [6.45, 7) is 0. The smallest absolute Gasteiger partial charge is 0.0843 e. The van der Waals surface area contributed by atoms with Gasteiger partial charge in [0.2, 0.25) is 0 Å². The predicted molar refractivity (Wildman–Crippen MR) is 73.3 cm³/mol. The van der Waals surface area contributed by atoms with Crippen LogP contribution in [-0.2, 0) is 12.5 Å². The zero-order chi connectivity index (χ0) is 12.6. The highest BCUT2D eigenvalue weighted by molar-refractivity contribution is 5.85. The maximum absolute atomic E-state index is 9.70. The van der Waals surface area contributed by atoms with Crippen LogP contribution in [0.25, 0.3) is 10.9 Å². The average molecular weight is 238 g/mol. The third-order valence-corrected chi connectivity index (χ3v) is 4.33. The molecule has 1 aliphatic carbocycles. The van der Waals surface area contributed by atoms with E-state index < -0.39 is 0 Å². The molecule has 1 fully saturated rings. The summed E-state index contributed by atoms with van der Waals surface area (Å²) >= 11 is 0. The fourth-order valence-electron chi connectivity index (χ4n) is 3.32. The first-order valence-electron chi connectivity index (χ1n) is 6.73. The molecule has 0 aliphatic heterocycles. The van der Waals surface area contributed by atoms with Gasteiger partial charge >= 0.3 is 0 Å². The minimum Gasteiger partial charge on any atom is -0.350 e. The van der Waals surface area contributed by atoms with Gasteiger partial charge in [0.15, 0.2) is 0 Å². The zero-order valence-electron chi connectivity index (χ0n) is 10.8. The van der Waals surface area contributed by atoms with E-state index in [1.165, 1.54) is 35.7 Å². The van der Waals surface area contributed by atoms with Crippen molar-refractivity contribution in [3.63, 3.8) is 0 Å². The lowest BCUT2D eigenvalue weighted by Gasteiger charge is -2.30. The molecule has 0 bridgehead atoms. The SMILES string of the molecule is Cn1cc(C2(C#N)CCCCC2)c2ccccc21. The highest BCUT2D eigenvalue weighted by Crippen LogP contribution is 2.42. The Kier molecular flexibility index (Phi) is 2.63. The molecular formula is C16H18N2. The maximum Gasteiger partial charge on any atom is 0.0843 e. The molecule has 1 aliphatic rings. The van der Waals surface area contributed by atoms with Crippen LogP contribution in [0.1, 0.15) is 37.7 Å². The van der Waals surface area contributed by atoms with Crippen molar-refractivity contribution in [1.29, 1.82) is 5.26 Å². The zero-order valence-corrected chi connectivity index (χ0v) is 10.8. The van der Waals surface area contributed by atoms with Gasteiger partial charge < -0.3 is 4.57 Å². The van der Waals surface area contributed by atoms with E-state index in [-0.39, 0.29) is 5.41 Å². The Morgan fingerprint density at radius 1 is 1.17 bits per heavy atom. The molecule has 0 atom stereocenters. The van der Waals surface area contributed by atoms with Gasteiger partial charge in [-0.15, -0.1) is 0 Å². The predicted octanol–water partition coefficient (Wildman–Crippen LogP) is 3.90. The van der Waals surface area contributed by atoms with Crippen LogP contribution in [0.5, 0.6) is 0 Å². The van der Waals surface area contributed by atoms with E-state index in [1.807, 2.05) is 0 Å². The first-order chi connectivity index (χ1) is 8.77. The summed E-state index contributed by atoms with van der Waals surface area (Å²) in [6, 6.07) is 11.0. The molecule has 18 heavy (non-hydrogen) atoms. The fourth-order valence-corrected chi connectivity index (χ4v) is 3.32. The molecule has 0 radical (unpaired) electrons. The summed E-state index contributed by atoms with van der Waals surface area (Å²) in [5, 5.41) is 11.0. The lowest BCUT2D eigenvalue weighted by atomic mass is 9.70. The molecule has 92 valence electrons. The van der Waals surface area contributed by atoms with E-state index in [4.69, 9.17) is 0 Å². The highest BCUT2D eigenvalue weighted by atomic mass is 14.9. The highest BCUT2D eigenvalue weighted by Gasteiger charge is 2.36. The summed E-state index contributed by atoms with van der Waals surface area (Å²) in [7, 11) is 2.07. The number of fused-ring (bicyclic) bond motifs is 1. The van der Waals surface area contributed by atoms with Gasteiger partial charge in [0.25, 0.3) is 0 Å². The van der Waals surface area contributed by atoms with Crippen molar-refractivity contribution < 1.29 is 0 Å². The molecule has 0 spiro atoms. The first kappa shape index (κ1) is 11.3. The number of rotatable bonds is 1. The van der Waals surface area contributed by atoms with Gasteiger partial charge in [0.1, 0.15) is 0 Å².